The van der Waals surface area contributed by atoms with Crippen molar-refractivity contribution >= 4 is 11.9 Å². The van der Waals surface area contributed by atoms with E-state index in [1.807, 2.05) is 26.8 Å². The molecular weight excluding hydrogens is 304 g/mol. The predicted octanol–water partition coefficient (Wildman–Crippen LogP) is 3.55. The first kappa shape index (κ1) is 17.0. The van der Waals surface area contributed by atoms with Crippen LogP contribution in [0.25, 0.3) is 0 Å². The van der Waals surface area contributed by atoms with Crippen LogP contribution in [0.2, 0.25) is 0 Å². The van der Waals surface area contributed by atoms with Crippen molar-refractivity contribution in [2.24, 2.45) is 5.41 Å². The van der Waals surface area contributed by atoms with Crippen LogP contribution < -0.4 is 0 Å². The molecule has 0 saturated heterocycles. The van der Waals surface area contributed by atoms with Gasteiger partial charge in [0, 0.05) is 5.92 Å². The van der Waals surface area contributed by atoms with E-state index in [0.29, 0.717) is 12.8 Å². The van der Waals surface area contributed by atoms with Crippen LogP contribution in [0.5, 0.6) is 0 Å². The zero-order valence-electron chi connectivity index (χ0n) is 15.0. The minimum absolute atomic E-state index is 0.142. The molecule has 24 heavy (non-hydrogen) atoms. The topological polar surface area (TPSA) is 52.6 Å². The van der Waals surface area contributed by atoms with Gasteiger partial charge in [-0.15, -0.1) is 0 Å². The molecule has 1 aromatic rings. The summed E-state index contributed by atoms with van der Waals surface area (Å²) in [7, 11) is 1.45. The summed E-state index contributed by atoms with van der Waals surface area (Å²) in [6, 6.07) is 6.21. The van der Waals surface area contributed by atoms with Gasteiger partial charge in [-0.2, -0.15) is 0 Å². The number of rotatable bonds is 4. The average molecular weight is 330 g/mol. The maximum Gasteiger partial charge on any atom is 0.310 e. The van der Waals surface area contributed by atoms with E-state index in [1.54, 1.807) is 0 Å². The lowest BCUT2D eigenvalue weighted by Gasteiger charge is -2.19. The first-order valence-electron chi connectivity index (χ1n) is 8.63. The van der Waals surface area contributed by atoms with Crippen LogP contribution in [0, 0.1) is 5.41 Å². The van der Waals surface area contributed by atoms with E-state index in [9.17, 15) is 9.59 Å². The molecule has 1 saturated carbocycles. The Hall–Kier alpha value is -1.84. The van der Waals surface area contributed by atoms with Gasteiger partial charge in [0.15, 0.2) is 0 Å². The molecule has 0 aromatic heterocycles. The van der Waals surface area contributed by atoms with Crippen LogP contribution in [0.15, 0.2) is 18.2 Å². The molecular formula is C20H26O4. The normalized spacial score (nSPS) is 20.6. The van der Waals surface area contributed by atoms with Gasteiger partial charge in [0.1, 0.15) is 5.60 Å². The summed E-state index contributed by atoms with van der Waals surface area (Å²) >= 11 is 0. The molecule has 4 nitrogen and oxygen atoms in total. The molecule has 0 heterocycles. The Morgan fingerprint density at radius 3 is 2.50 bits per heavy atom. The molecule has 0 radical (unpaired) electrons. The maximum atomic E-state index is 12.0. The van der Waals surface area contributed by atoms with E-state index in [1.165, 1.54) is 31.1 Å². The van der Waals surface area contributed by atoms with Gasteiger partial charge in [-0.05, 0) is 62.1 Å². The zero-order valence-corrected chi connectivity index (χ0v) is 15.0. The quantitative estimate of drug-likeness (QED) is 0.792. The number of hydrogen-bond acceptors (Lipinski definition) is 4. The van der Waals surface area contributed by atoms with E-state index >= 15 is 0 Å². The van der Waals surface area contributed by atoms with Crippen LogP contribution in [0.4, 0.5) is 0 Å². The molecule has 1 aromatic carbocycles. The van der Waals surface area contributed by atoms with Gasteiger partial charge in [-0.25, -0.2) is 0 Å². The third-order valence-electron chi connectivity index (χ3n) is 5.12. The van der Waals surface area contributed by atoms with Gasteiger partial charge in [-0.1, -0.05) is 18.2 Å². The van der Waals surface area contributed by atoms with Crippen molar-refractivity contribution in [2.75, 3.05) is 7.11 Å². The molecule has 1 unspecified atom stereocenters. The van der Waals surface area contributed by atoms with Gasteiger partial charge in [0.25, 0.3) is 0 Å². The molecule has 1 spiro atoms. The smallest absolute Gasteiger partial charge is 0.310 e. The lowest BCUT2D eigenvalue weighted by molar-refractivity contribution is -0.154. The number of carbonyl (C=O) groups is 2. The van der Waals surface area contributed by atoms with Crippen LogP contribution in [-0.4, -0.2) is 24.6 Å². The first-order chi connectivity index (χ1) is 11.2. The van der Waals surface area contributed by atoms with Gasteiger partial charge < -0.3 is 9.47 Å². The number of hydrogen-bond donors (Lipinski definition) is 0. The van der Waals surface area contributed by atoms with Crippen molar-refractivity contribution in [1.82, 2.24) is 0 Å². The standard InChI is InChI=1S/C20H26O4/c1-19(2,3)24-18(22)10-13-5-6-15-14(9-13)12-20(7-8-20)16(15)11-17(21)23-4/h5-6,9,16H,7-8,10-12H2,1-4H3. The minimum atomic E-state index is -0.461. The summed E-state index contributed by atoms with van der Waals surface area (Å²) in [4.78, 5) is 23.8. The Kier molecular flexibility index (Phi) is 4.18. The fourth-order valence-electron chi connectivity index (χ4n) is 3.90. The fraction of sp³-hybridized carbons (Fsp3) is 0.600. The van der Waals surface area contributed by atoms with Gasteiger partial charge in [0.2, 0.25) is 0 Å². The Bertz CT molecular complexity index is 665. The van der Waals surface area contributed by atoms with Crippen LogP contribution in [0.3, 0.4) is 0 Å². The Morgan fingerprint density at radius 1 is 1.21 bits per heavy atom. The molecule has 4 heteroatoms. The van der Waals surface area contributed by atoms with E-state index in [-0.39, 0.29) is 23.3 Å². The van der Waals surface area contributed by atoms with Crippen molar-refractivity contribution in [3.05, 3.63) is 34.9 Å². The lowest BCUT2D eigenvalue weighted by Crippen LogP contribution is -2.24. The van der Waals surface area contributed by atoms with E-state index in [4.69, 9.17) is 9.47 Å². The molecule has 1 atom stereocenters. The number of fused-ring (bicyclic) bond motifs is 1. The predicted molar refractivity (Wildman–Crippen MR) is 90.7 cm³/mol. The highest BCUT2D eigenvalue weighted by Gasteiger charge is 2.54. The number of benzene rings is 1. The molecule has 0 bridgehead atoms. The van der Waals surface area contributed by atoms with Crippen LogP contribution >= 0.6 is 0 Å². The minimum Gasteiger partial charge on any atom is -0.469 e. The van der Waals surface area contributed by atoms with Gasteiger partial charge >= 0.3 is 11.9 Å². The van der Waals surface area contributed by atoms with Gasteiger partial charge in [0.05, 0.1) is 20.0 Å². The van der Waals surface area contributed by atoms with Crippen LogP contribution in [0.1, 0.15) is 62.6 Å². The van der Waals surface area contributed by atoms with Crippen molar-refractivity contribution in [2.45, 2.75) is 64.4 Å². The van der Waals surface area contributed by atoms with Crippen molar-refractivity contribution in [3.8, 4) is 0 Å². The fourth-order valence-corrected chi connectivity index (χ4v) is 3.90. The maximum absolute atomic E-state index is 12.0. The highest BCUT2D eigenvalue weighted by atomic mass is 16.6. The van der Waals surface area contributed by atoms with Crippen molar-refractivity contribution in [3.63, 3.8) is 0 Å². The summed E-state index contributed by atoms with van der Waals surface area (Å²) in [5.41, 5.74) is 3.31. The summed E-state index contributed by atoms with van der Waals surface area (Å²) in [5, 5.41) is 0. The number of carbonyl (C=O) groups excluding carboxylic acids is 2. The monoisotopic (exact) mass is 330 g/mol. The molecule has 0 aliphatic heterocycles. The second-order valence-corrected chi connectivity index (χ2v) is 8.17. The third kappa shape index (κ3) is 3.47. The highest BCUT2D eigenvalue weighted by molar-refractivity contribution is 5.74. The highest BCUT2D eigenvalue weighted by Crippen LogP contribution is 2.64. The molecule has 130 valence electrons. The van der Waals surface area contributed by atoms with E-state index < -0.39 is 5.60 Å². The second-order valence-electron chi connectivity index (χ2n) is 8.17. The summed E-state index contributed by atoms with van der Waals surface area (Å²) in [6.07, 6.45) is 4.09. The summed E-state index contributed by atoms with van der Waals surface area (Å²) in [5.74, 6) is -0.0832. The second kappa shape index (κ2) is 5.91. The summed E-state index contributed by atoms with van der Waals surface area (Å²) in [6.45, 7) is 5.63. The van der Waals surface area contributed by atoms with E-state index in [2.05, 4.69) is 12.1 Å². The van der Waals surface area contributed by atoms with Crippen LogP contribution in [-0.2, 0) is 31.9 Å². The molecule has 1 fully saturated rings. The third-order valence-corrected chi connectivity index (χ3v) is 5.12. The largest absolute Gasteiger partial charge is 0.469 e. The number of ether oxygens (including phenoxy) is 2. The number of esters is 2. The lowest BCUT2D eigenvalue weighted by atomic mass is 9.87. The SMILES string of the molecule is COC(=O)CC1c2ccc(CC(=O)OC(C)(C)C)cc2CC12CC2. The molecule has 2 aliphatic carbocycles. The summed E-state index contributed by atoms with van der Waals surface area (Å²) < 4.78 is 10.3. The van der Waals surface area contributed by atoms with E-state index in [0.717, 1.165) is 12.0 Å². The Morgan fingerprint density at radius 2 is 1.92 bits per heavy atom. The van der Waals surface area contributed by atoms with Crippen molar-refractivity contribution in [1.29, 1.82) is 0 Å². The Labute approximate surface area is 143 Å². The molecule has 0 N–H and O–H groups in total. The zero-order chi connectivity index (χ0) is 17.5. The molecule has 2 aliphatic rings. The van der Waals surface area contributed by atoms with Gasteiger partial charge in [-0.3, -0.25) is 9.59 Å². The first-order valence-corrected chi connectivity index (χ1v) is 8.63. The Balaban J connectivity index is 1.76. The molecule has 3 rings (SSSR count). The molecule has 0 amide bonds. The van der Waals surface area contributed by atoms with Crippen molar-refractivity contribution < 1.29 is 19.1 Å². The number of methoxy groups -OCH3 is 1. The average Bonchev–Trinajstić information content (AvgIpc) is 3.17.